The van der Waals surface area contributed by atoms with E-state index in [4.69, 9.17) is 15.0 Å². The number of aromatic nitrogens is 5. The zero-order valence-electron chi connectivity index (χ0n) is 59.1. The molecule has 0 saturated heterocycles. The van der Waals surface area contributed by atoms with Crippen molar-refractivity contribution < 1.29 is 0 Å². The summed E-state index contributed by atoms with van der Waals surface area (Å²) in [6, 6.07) is 125. The van der Waals surface area contributed by atoms with Gasteiger partial charge in [0.15, 0.2) is 5.82 Å². The predicted molar refractivity (Wildman–Crippen MR) is 450 cm³/mol. The van der Waals surface area contributed by atoms with Crippen molar-refractivity contribution in [3.05, 3.63) is 381 Å². The van der Waals surface area contributed by atoms with Crippen LogP contribution in [0.1, 0.15) is 30.9 Å². The molecule has 0 spiro atoms. The third kappa shape index (κ3) is 10.3. The molecule has 0 fully saturated rings. The second kappa shape index (κ2) is 24.8. The second-order valence-corrected chi connectivity index (χ2v) is 29.4. The molecule has 0 bridgehead atoms. The third-order valence-electron chi connectivity index (χ3n) is 23.0. The van der Waals surface area contributed by atoms with E-state index in [-0.39, 0.29) is 5.41 Å². The Morgan fingerprint density at radius 2 is 0.645 bits per heavy atom. The molecule has 2 atom stereocenters. The zero-order valence-corrected chi connectivity index (χ0v) is 59.1. The Morgan fingerprint density at radius 1 is 0.262 bits per heavy atom. The summed E-state index contributed by atoms with van der Waals surface area (Å²) in [6.45, 7) is 4.75. The van der Waals surface area contributed by atoms with Crippen LogP contribution >= 0.6 is 0 Å². The number of pyridine rings is 1. The first-order valence-electron chi connectivity index (χ1n) is 37.1. The Hall–Kier alpha value is -13.6. The van der Waals surface area contributed by atoms with E-state index >= 15 is 0 Å². The summed E-state index contributed by atoms with van der Waals surface area (Å²) in [5.41, 5.74) is 21.1. The van der Waals surface area contributed by atoms with Gasteiger partial charge in [0.1, 0.15) is 0 Å². The first kappa shape index (κ1) is 62.0. The minimum absolute atomic E-state index is 0.00440. The molecule has 4 aromatic heterocycles. The van der Waals surface area contributed by atoms with Crippen molar-refractivity contribution in [2.45, 2.75) is 25.2 Å². The normalized spacial score (nSPS) is 14.4. The van der Waals surface area contributed by atoms with E-state index in [1.54, 1.807) is 0 Å². The minimum Gasteiger partial charge on any atom is -0.309 e. The fourth-order valence-corrected chi connectivity index (χ4v) is 17.8. The Morgan fingerprint density at radius 3 is 1.15 bits per heavy atom. The zero-order chi connectivity index (χ0) is 70.8. The highest BCUT2D eigenvalue weighted by Crippen LogP contribution is 2.54. The van der Waals surface area contributed by atoms with Crippen molar-refractivity contribution in [2.75, 3.05) is 0 Å². The number of benzene rings is 16. The molecule has 2 aliphatic rings. The van der Waals surface area contributed by atoms with Gasteiger partial charge < -0.3 is 9.13 Å². The van der Waals surface area contributed by atoms with Gasteiger partial charge >= 0.3 is 0 Å². The van der Waals surface area contributed by atoms with Gasteiger partial charge in [-0.3, -0.25) is 0 Å². The summed E-state index contributed by atoms with van der Waals surface area (Å²) in [6.07, 6.45) is 9.13. The SMILES string of the molecule is CC1(C)c2cc(-c3nc(-c4ccccc4)cc(-c4cccc(-n5c6ccc7ccccc7c6c6c7ccccc7ccc65)c4)n3)ccc2C2C=CC=CC21.c1cc(-c2cc(-c3ccc4ccccc4c3)cc(-c3ccc4ccccc4c3)n2)cc(-n2c3ccc4ccccc4c3c3c4ccccc4ccc32)c1. The Balaban J connectivity index is 0.000000137. The van der Waals surface area contributed by atoms with Crippen LogP contribution in [-0.4, -0.2) is 24.1 Å². The number of hydrogen-bond donors (Lipinski definition) is 0. The molecule has 4 heterocycles. The Labute approximate surface area is 619 Å². The highest BCUT2D eigenvalue weighted by molar-refractivity contribution is 6.30. The number of allylic oxidation sites excluding steroid dienone is 4. The molecule has 502 valence electrons. The topological polar surface area (TPSA) is 48.5 Å². The van der Waals surface area contributed by atoms with E-state index in [1.807, 2.05) is 0 Å². The maximum Gasteiger partial charge on any atom is 0.160 e. The van der Waals surface area contributed by atoms with Gasteiger partial charge in [0.25, 0.3) is 0 Å². The summed E-state index contributed by atoms with van der Waals surface area (Å²) in [4.78, 5) is 16.0. The number of fused-ring (bicyclic) bond motifs is 19. The van der Waals surface area contributed by atoms with Crippen molar-refractivity contribution in [3.63, 3.8) is 0 Å². The quantitative estimate of drug-likeness (QED) is 0.152. The van der Waals surface area contributed by atoms with Crippen LogP contribution in [0.4, 0.5) is 0 Å². The molecule has 2 aliphatic carbocycles. The van der Waals surface area contributed by atoms with Crippen LogP contribution in [0.5, 0.6) is 0 Å². The molecule has 0 radical (unpaired) electrons. The number of hydrogen-bond acceptors (Lipinski definition) is 3. The molecule has 20 aromatic rings. The van der Waals surface area contributed by atoms with Gasteiger partial charge in [0.05, 0.1) is 44.8 Å². The minimum atomic E-state index is 0.00440. The third-order valence-corrected chi connectivity index (χ3v) is 23.0. The summed E-state index contributed by atoms with van der Waals surface area (Å²) in [5, 5.41) is 20.1. The molecular weight excluding hydrogens is 1300 g/mol. The molecule has 2 unspecified atom stereocenters. The van der Waals surface area contributed by atoms with Crippen molar-refractivity contribution in [2.24, 2.45) is 5.92 Å². The lowest BCUT2D eigenvalue weighted by Crippen LogP contribution is -2.24. The lowest BCUT2D eigenvalue weighted by atomic mass is 9.74. The Bertz CT molecular complexity index is 6840. The van der Waals surface area contributed by atoms with Gasteiger partial charge in [-0.25, -0.2) is 15.0 Å². The monoisotopic (exact) mass is 1360 g/mol. The molecule has 0 amide bonds. The molecular formula is C102H69N5. The summed E-state index contributed by atoms with van der Waals surface area (Å²) < 4.78 is 4.86. The fraction of sp³-hybridized carbons (Fsp3) is 0.0490. The van der Waals surface area contributed by atoms with Crippen LogP contribution < -0.4 is 0 Å². The van der Waals surface area contributed by atoms with Crippen molar-refractivity contribution in [1.29, 1.82) is 0 Å². The van der Waals surface area contributed by atoms with Crippen molar-refractivity contribution in [1.82, 2.24) is 24.1 Å². The summed E-state index contributed by atoms with van der Waals surface area (Å²) >= 11 is 0. The lowest BCUT2D eigenvalue weighted by Gasteiger charge is -2.29. The number of rotatable bonds is 8. The molecule has 0 aliphatic heterocycles. The molecule has 0 N–H and O–H groups in total. The average Bonchev–Trinajstić information content (AvgIpc) is 1.58. The van der Waals surface area contributed by atoms with Gasteiger partial charge in [-0.15, -0.1) is 0 Å². The van der Waals surface area contributed by atoms with E-state index in [1.165, 1.54) is 125 Å². The van der Waals surface area contributed by atoms with Crippen LogP contribution in [0.3, 0.4) is 0 Å². The fourth-order valence-electron chi connectivity index (χ4n) is 17.8. The van der Waals surface area contributed by atoms with Gasteiger partial charge in [0, 0.05) is 66.7 Å². The molecule has 107 heavy (non-hydrogen) atoms. The molecule has 5 heteroatoms. The van der Waals surface area contributed by atoms with E-state index in [2.05, 4.69) is 393 Å². The van der Waals surface area contributed by atoms with Gasteiger partial charge in [-0.05, 0) is 183 Å². The Kier molecular flexibility index (Phi) is 14.4. The maximum atomic E-state index is 5.39. The summed E-state index contributed by atoms with van der Waals surface area (Å²) in [7, 11) is 0. The lowest BCUT2D eigenvalue weighted by molar-refractivity contribution is 0.394. The van der Waals surface area contributed by atoms with Crippen molar-refractivity contribution in [3.8, 4) is 78.9 Å². The highest BCUT2D eigenvalue weighted by atomic mass is 15.0. The van der Waals surface area contributed by atoms with Crippen LogP contribution in [0.2, 0.25) is 0 Å². The van der Waals surface area contributed by atoms with Gasteiger partial charge in [0.2, 0.25) is 0 Å². The van der Waals surface area contributed by atoms with E-state index in [0.717, 1.165) is 73.4 Å². The molecule has 0 saturated carbocycles. The smallest absolute Gasteiger partial charge is 0.160 e. The van der Waals surface area contributed by atoms with E-state index < -0.39 is 0 Å². The van der Waals surface area contributed by atoms with Crippen molar-refractivity contribution >= 4 is 108 Å². The van der Waals surface area contributed by atoms with E-state index in [9.17, 15) is 0 Å². The number of nitrogens with zero attached hydrogens (tertiary/aromatic N) is 5. The van der Waals surface area contributed by atoms with E-state index in [0.29, 0.717) is 11.8 Å². The average molecular weight is 1360 g/mol. The van der Waals surface area contributed by atoms with Gasteiger partial charge in [-0.1, -0.05) is 299 Å². The first-order valence-corrected chi connectivity index (χ1v) is 37.1. The van der Waals surface area contributed by atoms with Crippen LogP contribution in [0.15, 0.2) is 370 Å². The largest absolute Gasteiger partial charge is 0.309 e. The second-order valence-electron chi connectivity index (χ2n) is 29.4. The van der Waals surface area contributed by atoms with Crippen LogP contribution in [0, 0.1) is 5.92 Å². The maximum absolute atomic E-state index is 5.39. The highest BCUT2D eigenvalue weighted by Gasteiger charge is 2.44. The van der Waals surface area contributed by atoms with Crippen LogP contribution in [-0.2, 0) is 5.41 Å². The molecule has 16 aromatic carbocycles. The standard InChI is InChI=1S/C51H37N3.C51H32N2/c1-51(2)42-22-11-10-21-40(42)41-26-23-36(30-43(41)51)50-52-44(34-15-4-3-5-16-34)31-45(53-50)35-17-12-18-37(29-35)54-46-27-24-32-13-6-8-19-38(32)48(46)49-39-20-9-7-14-33(39)25-28-47(49)54;1-3-14-37-28-39(22-20-33(37)10-1)42-31-46(52-47(32-42)41-23-21-34-11-2-4-15-38(34)29-41)40-16-9-17-43(30-40)53-48-26-24-35-12-5-7-18-44(35)50(48)51-45-19-8-6-13-36(45)25-27-49(51)53/h3-31,40,42H,1-2H3;1-32H. The molecule has 5 nitrogen and oxygen atoms in total. The van der Waals surface area contributed by atoms with Gasteiger partial charge in [-0.2, -0.15) is 0 Å². The molecule has 22 rings (SSSR count). The summed E-state index contributed by atoms with van der Waals surface area (Å²) in [5.74, 6) is 1.59. The first-order chi connectivity index (χ1) is 52.8. The predicted octanol–water partition coefficient (Wildman–Crippen LogP) is 26.8. The van der Waals surface area contributed by atoms with Crippen LogP contribution in [0.25, 0.3) is 187 Å².